The van der Waals surface area contributed by atoms with Gasteiger partial charge in [-0.15, -0.1) is 11.3 Å². The molecule has 116 valence electrons. The zero-order valence-electron chi connectivity index (χ0n) is 10.6. The van der Waals surface area contributed by atoms with E-state index < -0.39 is 34.4 Å². The van der Waals surface area contributed by atoms with Crippen LogP contribution in [0.4, 0.5) is 23.2 Å². The summed E-state index contributed by atoms with van der Waals surface area (Å²) in [4.78, 5) is 21.8. The van der Waals surface area contributed by atoms with E-state index in [1.165, 1.54) is 17.4 Å². The van der Waals surface area contributed by atoms with E-state index in [1.807, 2.05) is 0 Å². The second-order valence-electron chi connectivity index (χ2n) is 4.12. The maximum absolute atomic E-state index is 12.8. The Morgan fingerprint density at radius 1 is 1.14 bits per heavy atom. The van der Waals surface area contributed by atoms with Crippen molar-refractivity contribution in [3.05, 3.63) is 41.0 Å². The predicted octanol–water partition coefficient (Wildman–Crippen LogP) is 3.75. The second kappa shape index (κ2) is 5.76. The number of alkyl halides is 3. The Morgan fingerprint density at radius 3 is 2.23 bits per heavy atom. The summed E-state index contributed by atoms with van der Waals surface area (Å²) in [5, 5.41) is 10.5. The van der Waals surface area contributed by atoms with Gasteiger partial charge in [0.05, 0.1) is 5.69 Å². The summed E-state index contributed by atoms with van der Waals surface area (Å²) >= 11 is 0.675. The second-order valence-corrected chi connectivity index (χ2v) is 5.17. The van der Waals surface area contributed by atoms with Gasteiger partial charge < -0.3 is 10.4 Å². The monoisotopic (exact) mass is 333 g/mol. The van der Waals surface area contributed by atoms with E-state index in [2.05, 4.69) is 0 Å². The minimum absolute atomic E-state index is 0.287. The molecular weight excluding hydrogens is 326 g/mol. The topological polar surface area (TPSA) is 66.4 Å². The van der Waals surface area contributed by atoms with Crippen LogP contribution in [0.1, 0.15) is 9.67 Å². The van der Waals surface area contributed by atoms with E-state index in [4.69, 9.17) is 5.11 Å². The highest BCUT2D eigenvalue weighted by Crippen LogP contribution is 2.35. The fraction of sp³-hybridized carbons (Fsp3) is 0.0769. The maximum atomic E-state index is 12.8. The van der Waals surface area contributed by atoms with Gasteiger partial charge >= 0.3 is 18.1 Å². The molecule has 0 saturated carbocycles. The minimum atomic E-state index is -5.13. The number of halogens is 4. The molecule has 0 radical (unpaired) electrons. The Bertz CT molecular complexity index is 722. The Hall–Kier alpha value is -2.42. The molecule has 4 nitrogen and oxygen atoms in total. The standard InChI is InChI=1S/C13H7F4NO3S/c14-7-3-1-6(2-4-7)9-5-8(10(22-9)11(19)20)18-12(21)13(15,16)17/h1-5H,(H,18,21)(H,19,20). The number of hydrogen-bond acceptors (Lipinski definition) is 3. The number of aromatic carboxylic acids is 1. The van der Waals surface area contributed by atoms with Crippen LogP contribution in [-0.4, -0.2) is 23.2 Å². The van der Waals surface area contributed by atoms with Crippen LogP contribution < -0.4 is 5.32 Å². The predicted molar refractivity (Wildman–Crippen MR) is 71.4 cm³/mol. The zero-order chi connectivity index (χ0) is 16.5. The van der Waals surface area contributed by atoms with E-state index in [-0.39, 0.29) is 4.88 Å². The van der Waals surface area contributed by atoms with Crippen LogP contribution in [0, 0.1) is 5.82 Å². The fourth-order valence-electron chi connectivity index (χ4n) is 1.59. The average molecular weight is 333 g/mol. The first kappa shape index (κ1) is 16.0. The molecule has 22 heavy (non-hydrogen) atoms. The minimum Gasteiger partial charge on any atom is -0.477 e. The van der Waals surface area contributed by atoms with Gasteiger partial charge in [0.1, 0.15) is 10.7 Å². The Kier molecular flexibility index (Phi) is 4.18. The summed E-state index contributed by atoms with van der Waals surface area (Å²) in [6, 6.07) is 6.06. The average Bonchev–Trinajstić information content (AvgIpc) is 2.82. The molecule has 0 aliphatic heterocycles. The smallest absolute Gasteiger partial charge is 0.471 e. The molecule has 2 N–H and O–H groups in total. The number of anilines is 1. The molecule has 0 saturated heterocycles. The third-order valence-corrected chi connectivity index (χ3v) is 3.73. The zero-order valence-corrected chi connectivity index (χ0v) is 11.4. The van der Waals surface area contributed by atoms with Gasteiger partial charge in [-0.2, -0.15) is 13.2 Å². The highest BCUT2D eigenvalue weighted by atomic mass is 32.1. The summed E-state index contributed by atoms with van der Waals surface area (Å²) in [7, 11) is 0. The molecule has 1 amide bonds. The van der Waals surface area contributed by atoms with Crippen LogP contribution in [0.25, 0.3) is 10.4 Å². The number of amides is 1. The van der Waals surface area contributed by atoms with Crippen molar-refractivity contribution in [2.45, 2.75) is 6.18 Å². The molecule has 1 aromatic heterocycles. The van der Waals surface area contributed by atoms with Crippen molar-refractivity contribution in [3.8, 4) is 10.4 Å². The molecule has 0 spiro atoms. The van der Waals surface area contributed by atoms with Crippen molar-refractivity contribution in [2.24, 2.45) is 0 Å². The van der Waals surface area contributed by atoms with Crippen LogP contribution in [0.15, 0.2) is 30.3 Å². The summed E-state index contributed by atoms with van der Waals surface area (Å²) < 4.78 is 49.6. The van der Waals surface area contributed by atoms with Crippen molar-refractivity contribution < 1.29 is 32.3 Å². The van der Waals surface area contributed by atoms with Gasteiger partial charge in [-0.25, -0.2) is 9.18 Å². The van der Waals surface area contributed by atoms with E-state index in [1.54, 1.807) is 0 Å². The lowest BCUT2D eigenvalue weighted by atomic mass is 10.2. The maximum Gasteiger partial charge on any atom is 0.471 e. The van der Waals surface area contributed by atoms with Crippen LogP contribution in [0.3, 0.4) is 0 Å². The van der Waals surface area contributed by atoms with Crippen molar-refractivity contribution in [2.75, 3.05) is 5.32 Å². The number of carbonyl (C=O) groups excluding carboxylic acids is 1. The van der Waals surface area contributed by atoms with E-state index in [0.29, 0.717) is 16.9 Å². The Morgan fingerprint density at radius 2 is 1.73 bits per heavy atom. The first-order chi connectivity index (χ1) is 10.2. The molecule has 0 unspecified atom stereocenters. The molecule has 0 fully saturated rings. The third-order valence-electron chi connectivity index (χ3n) is 2.56. The number of hydrogen-bond donors (Lipinski definition) is 2. The first-order valence-electron chi connectivity index (χ1n) is 5.69. The molecule has 0 bridgehead atoms. The van der Waals surface area contributed by atoms with Crippen LogP contribution in [0.2, 0.25) is 0 Å². The van der Waals surface area contributed by atoms with Gasteiger partial charge in [-0.1, -0.05) is 12.1 Å². The van der Waals surface area contributed by atoms with Crippen LogP contribution in [0.5, 0.6) is 0 Å². The lowest BCUT2D eigenvalue weighted by molar-refractivity contribution is -0.167. The molecule has 1 heterocycles. The number of carboxylic acid groups (broad SMARTS) is 1. The van der Waals surface area contributed by atoms with Gasteiger partial charge in [0.2, 0.25) is 0 Å². The van der Waals surface area contributed by atoms with Gasteiger partial charge in [-0.05, 0) is 23.8 Å². The molecule has 2 aromatic rings. The highest BCUT2D eigenvalue weighted by molar-refractivity contribution is 7.18. The molecule has 9 heteroatoms. The number of benzene rings is 1. The molecule has 0 aliphatic rings. The largest absolute Gasteiger partial charge is 0.477 e. The van der Waals surface area contributed by atoms with Crippen molar-refractivity contribution in [1.29, 1.82) is 0 Å². The number of carboxylic acids is 1. The molecule has 1 aromatic carbocycles. The lowest BCUT2D eigenvalue weighted by Gasteiger charge is -2.06. The molecule has 2 rings (SSSR count). The fourth-order valence-corrected chi connectivity index (χ4v) is 2.55. The quantitative estimate of drug-likeness (QED) is 0.841. The first-order valence-corrected chi connectivity index (χ1v) is 6.51. The van der Waals surface area contributed by atoms with Crippen molar-refractivity contribution in [3.63, 3.8) is 0 Å². The normalized spacial score (nSPS) is 11.3. The number of nitrogens with one attached hydrogen (secondary N) is 1. The van der Waals surface area contributed by atoms with E-state index in [9.17, 15) is 27.2 Å². The SMILES string of the molecule is O=C(O)c1sc(-c2ccc(F)cc2)cc1NC(=O)C(F)(F)F. The van der Waals surface area contributed by atoms with Crippen LogP contribution in [-0.2, 0) is 4.79 Å². The summed E-state index contributed by atoms with van der Waals surface area (Å²) in [5.74, 6) is -4.25. The van der Waals surface area contributed by atoms with Gasteiger partial charge in [0.15, 0.2) is 0 Å². The summed E-state index contributed by atoms with van der Waals surface area (Å²) in [6.07, 6.45) is -5.13. The number of carbonyl (C=O) groups is 2. The van der Waals surface area contributed by atoms with Crippen LogP contribution >= 0.6 is 11.3 Å². The number of thiophene rings is 1. The Balaban J connectivity index is 2.40. The van der Waals surface area contributed by atoms with Crippen molar-refractivity contribution >= 4 is 28.9 Å². The summed E-state index contributed by atoms with van der Waals surface area (Å²) in [6.45, 7) is 0. The number of rotatable bonds is 3. The van der Waals surface area contributed by atoms with Gasteiger partial charge in [0, 0.05) is 4.88 Å². The third kappa shape index (κ3) is 3.42. The van der Waals surface area contributed by atoms with Gasteiger partial charge in [-0.3, -0.25) is 4.79 Å². The van der Waals surface area contributed by atoms with Crippen molar-refractivity contribution in [1.82, 2.24) is 0 Å². The Labute approximate surface area is 125 Å². The summed E-state index contributed by atoms with van der Waals surface area (Å²) in [5.41, 5.74) is -0.0412. The van der Waals surface area contributed by atoms with Gasteiger partial charge in [0.25, 0.3) is 0 Å². The van der Waals surface area contributed by atoms with E-state index in [0.717, 1.165) is 18.2 Å². The molecule has 0 aliphatic carbocycles. The molecular formula is C13H7F4NO3S. The highest BCUT2D eigenvalue weighted by Gasteiger charge is 2.39. The lowest BCUT2D eigenvalue weighted by Crippen LogP contribution is -2.30. The van der Waals surface area contributed by atoms with E-state index >= 15 is 0 Å². The molecule has 0 atom stereocenters.